The van der Waals surface area contributed by atoms with Crippen LogP contribution in [0.2, 0.25) is 5.15 Å². The summed E-state index contributed by atoms with van der Waals surface area (Å²) in [7, 11) is 1.68. The first-order valence-corrected chi connectivity index (χ1v) is 9.89. The van der Waals surface area contributed by atoms with E-state index >= 15 is 0 Å². The summed E-state index contributed by atoms with van der Waals surface area (Å²) in [6.45, 7) is 2.86. The molecule has 8 heteroatoms. The first kappa shape index (κ1) is 17.9. The molecular formula is C19H19ClN4O2S. The summed E-state index contributed by atoms with van der Waals surface area (Å²) in [5.41, 5.74) is 1.79. The number of halogens is 1. The Bertz CT molecular complexity index is 989. The molecule has 0 atom stereocenters. The van der Waals surface area contributed by atoms with Gasteiger partial charge in [0.2, 0.25) is 5.91 Å². The second kappa shape index (κ2) is 7.62. The average Bonchev–Trinajstić information content (AvgIpc) is 3.27. The van der Waals surface area contributed by atoms with Crippen molar-refractivity contribution in [3.05, 3.63) is 52.8 Å². The molecule has 0 bridgehead atoms. The van der Waals surface area contributed by atoms with Crippen molar-refractivity contribution in [2.45, 2.75) is 0 Å². The Balaban J connectivity index is 1.41. The van der Waals surface area contributed by atoms with Crippen LogP contribution in [0.15, 0.2) is 41.9 Å². The van der Waals surface area contributed by atoms with Gasteiger partial charge in [-0.25, -0.2) is 4.98 Å². The third-order valence-electron chi connectivity index (χ3n) is 4.66. The maximum absolute atomic E-state index is 12.6. The van der Waals surface area contributed by atoms with Gasteiger partial charge in [0, 0.05) is 43.8 Å². The standard InChI is InChI=1S/C19H19ClN4O2S/c1-26-16-5-3-2-4-14(16)22-8-10-23(11-9-22)17(25)7-6-15-18(20)21-19-24(15)12-13-27-19/h2-7,12-13H,8-11H2,1H3/b7-6+. The Morgan fingerprint density at radius 2 is 2.04 bits per heavy atom. The number of carbonyl (C=O) groups excluding carboxylic acids is 1. The van der Waals surface area contributed by atoms with Crippen LogP contribution < -0.4 is 9.64 Å². The van der Waals surface area contributed by atoms with Gasteiger partial charge in [-0.05, 0) is 18.2 Å². The first-order chi connectivity index (χ1) is 13.2. The molecule has 0 radical (unpaired) electrons. The van der Waals surface area contributed by atoms with Crippen molar-refractivity contribution in [1.29, 1.82) is 0 Å². The highest BCUT2D eigenvalue weighted by Crippen LogP contribution is 2.28. The summed E-state index contributed by atoms with van der Waals surface area (Å²) in [5.74, 6) is 0.836. The highest BCUT2D eigenvalue weighted by molar-refractivity contribution is 7.15. The molecule has 0 spiro atoms. The van der Waals surface area contributed by atoms with Crippen molar-refractivity contribution >= 4 is 45.6 Å². The predicted octanol–water partition coefficient (Wildman–Crippen LogP) is 3.42. The summed E-state index contributed by atoms with van der Waals surface area (Å²) in [5, 5.41) is 2.35. The van der Waals surface area contributed by atoms with Gasteiger partial charge in [-0.2, -0.15) is 0 Å². The van der Waals surface area contributed by atoms with Gasteiger partial charge in [0.05, 0.1) is 18.5 Å². The van der Waals surface area contributed by atoms with Crippen LogP contribution in [0.1, 0.15) is 5.69 Å². The number of fused-ring (bicyclic) bond motifs is 1. The Kier molecular flexibility index (Phi) is 5.05. The molecule has 0 N–H and O–H groups in total. The van der Waals surface area contributed by atoms with E-state index in [4.69, 9.17) is 16.3 Å². The number of benzene rings is 1. The number of hydrogen-bond donors (Lipinski definition) is 0. The largest absolute Gasteiger partial charge is 0.495 e. The number of hydrogen-bond acceptors (Lipinski definition) is 5. The number of nitrogens with zero attached hydrogens (tertiary/aromatic N) is 4. The maximum Gasteiger partial charge on any atom is 0.246 e. The van der Waals surface area contributed by atoms with Crippen molar-refractivity contribution in [2.75, 3.05) is 38.2 Å². The molecule has 1 saturated heterocycles. The monoisotopic (exact) mass is 402 g/mol. The SMILES string of the molecule is COc1ccccc1N1CCN(C(=O)/C=C/c2c(Cl)nc3sccn23)CC1. The van der Waals surface area contributed by atoms with E-state index in [1.54, 1.807) is 19.3 Å². The van der Waals surface area contributed by atoms with Crippen LogP contribution in [0, 0.1) is 0 Å². The minimum Gasteiger partial charge on any atom is -0.495 e. The number of aromatic nitrogens is 2. The van der Waals surface area contributed by atoms with Crippen LogP contribution in [0.25, 0.3) is 11.0 Å². The second-order valence-electron chi connectivity index (χ2n) is 6.16. The lowest BCUT2D eigenvalue weighted by molar-refractivity contribution is -0.126. The Hall–Kier alpha value is -2.51. The highest BCUT2D eigenvalue weighted by Gasteiger charge is 2.21. The van der Waals surface area contributed by atoms with E-state index in [0.29, 0.717) is 18.2 Å². The van der Waals surface area contributed by atoms with Crippen LogP contribution in [0.3, 0.4) is 0 Å². The van der Waals surface area contributed by atoms with E-state index in [1.165, 1.54) is 11.3 Å². The fraction of sp³-hybridized carbons (Fsp3) is 0.263. The normalized spacial score (nSPS) is 15.0. The van der Waals surface area contributed by atoms with Crippen LogP contribution in [0.5, 0.6) is 5.75 Å². The first-order valence-electron chi connectivity index (χ1n) is 8.63. The fourth-order valence-corrected chi connectivity index (χ4v) is 4.25. The summed E-state index contributed by atoms with van der Waals surface area (Å²) in [6.07, 6.45) is 5.21. The molecule has 3 heterocycles. The van der Waals surface area contributed by atoms with Crippen molar-refractivity contribution in [3.63, 3.8) is 0 Å². The number of para-hydroxylation sites is 2. The van der Waals surface area contributed by atoms with E-state index in [0.717, 1.165) is 35.2 Å². The van der Waals surface area contributed by atoms with Crippen LogP contribution >= 0.6 is 22.9 Å². The van der Waals surface area contributed by atoms with E-state index < -0.39 is 0 Å². The molecule has 1 aliphatic rings. The molecule has 1 aromatic carbocycles. The summed E-state index contributed by atoms with van der Waals surface area (Å²) in [6, 6.07) is 7.96. The number of rotatable bonds is 4. The van der Waals surface area contributed by atoms with Gasteiger partial charge >= 0.3 is 0 Å². The van der Waals surface area contributed by atoms with E-state index in [2.05, 4.69) is 9.88 Å². The smallest absolute Gasteiger partial charge is 0.246 e. The minimum atomic E-state index is -0.0177. The molecule has 3 aromatic rings. The number of amides is 1. The van der Waals surface area contributed by atoms with Crippen molar-refractivity contribution in [1.82, 2.24) is 14.3 Å². The number of carbonyl (C=O) groups is 1. The molecule has 4 rings (SSSR count). The van der Waals surface area contributed by atoms with Gasteiger partial charge in [-0.15, -0.1) is 11.3 Å². The van der Waals surface area contributed by atoms with E-state index in [1.807, 2.05) is 45.1 Å². The molecule has 0 saturated carbocycles. The lowest BCUT2D eigenvalue weighted by Crippen LogP contribution is -2.48. The molecule has 0 unspecified atom stereocenters. The van der Waals surface area contributed by atoms with Crippen LogP contribution in [-0.4, -0.2) is 53.5 Å². The molecule has 140 valence electrons. The number of ether oxygens (including phenoxy) is 1. The molecule has 0 aliphatic carbocycles. The maximum atomic E-state index is 12.6. The second-order valence-corrected chi connectivity index (χ2v) is 7.39. The molecule has 1 amide bonds. The van der Waals surface area contributed by atoms with Crippen LogP contribution in [0.4, 0.5) is 5.69 Å². The lowest BCUT2D eigenvalue weighted by Gasteiger charge is -2.36. The van der Waals surface area contributed by atoms with Crippen molar-refractivity contribution in [3.8, 4) is 5.75 Å². The molecule has 1 fully saturated rings. The summed E-state index contributed by atoms with van der Waals surface area (Å²) in [4.78, 5) is 21.8. The number of piperazine rings is 1. The fourth-order valence-electron chi connectivity index (χ4n) is 3.24. The summed E-state index contributed by atoms with van der Waals surface area (Å²) >= 11 is 7.68. The number of anilines is 1. The van der Waals surface area contributed by atoms with E-state index in [-0.39, 0.29) is 5.91 Å². The minimum absolute atomic E-state index is 0.0177. The average molecular weight is 403 g/mol. The third kappa shape index (κ3) is 3.52. The Labute approximate surface area is 166 Å². The molecular weight excluding hydrogens is 384 g/mol. The zero-order valence-corrected chi connectivity index (χ0v) is 16.4. The molecule has 27 heavy (non-hydrogen) atoms. The van der Waals surface area contributed by atoms with Gasteiger partial charge in [0.1, 0.15) is 5.75 Å². The molecule has 1 aliphatic heterocycles. The zero-order valence-electron chi connectivity index (χ0n) is 14.8. The third-order valence-corrected chi connectivity index (χ3v) is 5.69. The number of thiazole rings is 1. The lowest BCUT2D eigenvalue weighted by atomic mass is 10.2. The Morgan fingerprint density at radius 3 is 2.81 bits per heavy atom. The van der Waals surface area contributed by atoms with Crippen molar-refractivity contribution in [2.24, 2.45) is 0 Å². The molecule has 6 nitrogen and oxygen atoms in total. The van der Waals surface area contributed by atoms with Crippen LogP contribution in [-0.2, 0) is 4.79 Å². The van der Waals surface area contributed by atoms with Gasteiger partial charge in [0.25, 0.3) is 0 Å². The zero-order chi connectivity index (χ0) is 18.8. The van der Waals surface area contributed by atoms with E-state index in [9.17, 15) is 4.79 Å². The predicted molar refractivity (Wildman–Crippen MR) is 109 cm³/mol. The van der Waals surface area contributed by atoms with Gasteiger partial charge in [-0.3, -0.25) is 9.20 Å². The summed E-state index contributed by atoms with van der Waals surface area (Å²) < 4.78 is 7.32. The van der Waals surface area contributed by atoms with Crippen molar-refractivity contribution < 1.29 is 9.53 Å². The number of methoxy groups -OCH3 is 1. The topological polar surface area (TPSA) is 50.1 Å². The highest BCUT2D eigenvalue weighted by atomic mass is 35.5. The van der Waals surface area contributed by atoms with Gasteiger partial charge < -0.3 is 14.5 Å². The Morgan fingerprint density at radius 1 is 1.26 bits per heavy atom. The number of imidazole rings is 1. The van der Waals surface area contributed by atoms with Gasteiger partial charge in [0.15, 0.2) is 10.1 Å². The quantitative estimate of drug-likeness (QED) is 0.627. The molecule has 2 aromatic heterocycles. The van der Waals surface area contributed by atoms with Gasteiger partial charge in [-0.1, -0.05) is 23.7 Å².